The Morgan fingerprint density at radius 1 is 0.933 bits per heavy atom. The highest BCUT2D eigenvalue weighted by Crippen LogP contribution is 2.31. The van der Waals surface area contributed by atoms with Gasteiger partial charge in [0.2, 0.25) is 0 Å². The zero-order valence-corrected chi connectivity index (χ0v) is 18.2. The van der Waals surface area contributed by atoms with Crippen molar-refractivity contribution in [2.75, 3.05) is 19.1 Å². The molecule has 3 aromatic rings. The van der Waals surface area contributed by atoms with Crippen molar-refractivity contribution in [1.29, 1.82) is 0 Å². The smallest absolute Gasteiger partial charge is 0.161 e. The molecule has 5 nitrogen and oxygen atoms in total. The number of nitrogens with one attached hydrogen (secondary N) is 1. The second-order valence-electron chi connectivity index (χ2n) is 6.23. The lowest BCUT2D eigenvalue weighted by molar-refractivity contribution is 0.269. The number of hydrazone groups is 1. The van der Waals surface area contributed by atoms with E-state index in [-0.39, 0.29) is 6.61 Å². The molecule has 3 aromatic carbocycles. The third-order valence-corrected chi connectivity index (χ3v) is 4.91. The lowest BCUT2D eigenvalue weighted by Gasteiger charge is -2.14. The van der Waals surface area contributed by atoms with Gasteiger partial charge in [-0.05, 0) is 67.1 Å². The van der Waals surface area contributed by atoms with E-state index >= 15 is 0 Å². The minimum Gasteiger partial charge on any atom is -0.497 e. The van der Waals surface area contributed by atoms with Gasteiger partial charge in [0, 0.05) is 15.6 Å². The molecule has 0 saturated heterocycles. The molecule has 0 bridgehead atoms. The van der Waals surface area contributed by atoms with E-state index < -0.39 is 0 Å². The van der Waals surface area contributed by atoms with Gasteiger partial charge < -0.3 is 14.2 Å². The fourth-order valence-electron chi connectivity index (χ4n) is 2.66. The summed E-state index contributed by atoms with van der Waals surface area (Å²) in [7, 11) is 1.63. The van der Waals surface area contributed by atoms with E-state index in [1.165, 1.54) is 0 Å². The Kier molecular flexibility index (Phi) is 7.82. The maximum absolute atomic E-state index is 6.22. The van der Waals surface area contributed by atoms with Gasteiger partial charge >= 0.3 is 0 Å². The molecular weight excluding hydrogens is 423 g/mol. The number of methoxy groups -OCH3 is 1. The van der Waals surface area contributed by atoms with Crippen LogP contribution in [0.15, 0.2) is 65.8 Å². The van der Waals surface area contributed by atoms with Crippen LogP contribution in [0, 0.1) is 0 Å². The van der Waals surface area contributed by atoms with Crippen LogP contribution in [0.4, 0.5) is 5.69 Å². The molecule has 0 spiro atoms. The predicted molar refractivity (Wildman–Crippen MR) is 123 cm³/mol. The molecule has 30 heavy (non-hydrogen) atoms. The summed E-state index contributed by atoms with van der Waals surface area (Å²) in [5.74, 6) is 2.02. The highest BCUT2D eigenvalue weighted by atomic mass is 35.5. The number of benzene rings is 3. The summed E-state index contributed by atoms with van der Waals surface area (Å²) in [4.78, 5) is 0. The van der Waals surface area contributed by atoms with Crippen molar-refractivity contribution in [2.24, 2.45) is 5.10 Å². The number of halogens is 2. The average molecular weight is 445 g/mol. The normalized spacial score (nSPS) is 10.8. The Bertz CT molecular complexity index is 988. The summed E-state index contributed by atoms with van der Waals surface area (Å²) in [6.07, 6.45) is 1.71. The summed E-state index contributed by atoms with van der Waals surface area (Å²) in [6.45, 7) is 2.67. The zero-order chi connectivity index (χ0) is 21.3. The van der Waals surface area contributed by atoms with Crippen LogP contribution in [-0.2, 0) is 6.61 Å². The van der Waals surface area contributed by atoms with Gasteiger partial charge in [-0.15, -0.1) is 0 Å². The largest absolute Gasteiger partial charge is 0.497 e. The Balaban J connectivity index is 1.69. The fourth-order valence-corrected chi connectivity index (χ4v) is 3.17. The molecule has 0 fully saturated rings. The first-order chi connectivity index (χ1) is 14.6. The number of rotatable bonds is 9. The van der Waals surface area contributed by atoms with Crippen LogP contribution >= 0.6 is 23.2 Å². The van der Waals surface area contributed by atoms with E-state index in [1.54, 1.807) is 31.5 Å². The van der Waals surface area contributed by atoms with Gasteiger partial charge in [0.25, 0.3) is 0 Å². The molecule has 0 aliphatic rings. The quantitative estimate of drug-likeness (QED) is 0.305. The Morgan fingerprint density at radius 2 is 1.67 bits per heavy atom. The molecule has 0 unspecified atom stereocenters. The lowest BCUT2D eigenvalue weighted by atomic mass is 10.2. The van der Waals surface area contributed by atoms with Crippen LogP contribution in [-0.4, -0.2) is 19.9 Å². The van der Waals surface area contributed by atoms with E-state index in [4.69, 9.17) is 37.4 Å². The number of anilines is 1. The van der Waals surface area contributed by atoms with Gasteiger partial charge in [-0.1, -0.05) is 29.3 Å². The second-order valence-corrected chi connectivity index (χ2v) is 7.04. The van der Waals surface area contributed by atoms with Crippen LogP contribution in [0.5, 0.6) is 17.2 Å². The monoisotopic (exact) mass is 444 g/mol. The topological polar surface area (TPSA) is 52.1 Å². The molecule has 0 amide bonds. The maximum atomic E-state index is 6.22. The van der Waals surface area contributed by atoms with Crippen LogP contribution in [0.3, 0.4) is 0 Å². The van der Waals surface area contributed by atoms with E-state index in [0.29, 0.717) is 28.2 Å². The van der Waals surface area contributed by atoms with Gasteiger partial charge in [0.15, 0.2) is 11.5 Å². The minimum absolute atomic E-state index is 0.241. The molecular formula is C23H22Cl2N2O3. The first kappa shape index (κ1) is 21.8. The summed E-state index contributed by atoms with van der Waals surface area (Å²) in [5.41, 5.74) is 5.43. The number of hydrogen-bond donors (Lipinski definition) is 1. The first-order valence-electron chi connectivity index (χ1n) is 9.36. The van der Waals surface area contributed by atoms with Crippen molar-refractivity contribution >= 4 is 35.1 Å². The number of hydrogen-bond acceptors (Lipinski definition) is 5. The summed E-state index contributed by atoms with van der Waals surface area (Å²) in [6, 6.07) is 18.5. The van der Waals surface area contributed by atoms with Crippen molar-refractivity contribution in [3.8, 4) is 17.2 Å². The van der Waals surface area contributed by atoms with E-state index in [0.717, 1.165) is 22.6 Å². The molecule has 1 N–H and O–H groups in total. The molecule has 0 aliphatic carbocycles. The van der Waals surface area contributed by atoms with Crippen molar-refractivity contribution < 1.29 is 14.2 Å². The Hall–Kier alpha value is -2.89. The van der Waals surface area contributed by atoms with Gasteiger partial charge in [0.1, 0.15) is 12.4 Å². The highest BCUT2D eigenvalue weighted by molar-refractivity contribution is 6.35. The average Bonchev–Trinajstić information content (AvgIpc) is 2.75. The summed E-state index contributed by atoms with van der Waals surface area (Å²) in [5, 5.41) is 5.40. The van der Waals surface area contributed by atoms with E-state index in [9.17, 15) is 0 Å². The molecule has 0 aliphatic heterocycles. The fraction of sp³-hybridized carbons (Fsp3) is 0.174. The van der Waals surface area contributed by atoms with Gasteiger partial charge in [-0.3, -0.25) is 5.43 Å². The molecule has 7 heteroatoms. The SMILES string of the molecule is CCOc1cc(/C=N/Nc2ccc(OC)cc2)ccc1OCc1c(Cl)cccc1Cl. The third-order valence-electron chi connectivity index (χ3n) is 4.20. The predicted octanol–water partition coefficient (Wildman–Crippen LogP) is 6.43. The van der Waals surface area contributed by atoms with Gasteiger partial charge in [0.05, 0.1) is 25.6 Å². The van der Waals surface area contributed by atoms with Crippen LogP contribution in [0.1, 0.15) is 18.1 Å². The Morgan fingerprint density at radius 3 is 2.33 bits per heavy atom. The van der Waals surface area contributed by atoms with Crippen LogP contribution in [0.25, 0.3) is 0 Å². The number of ether oxygens (including phenoxy) is 3. The zero-order valence-electron chi connectivity index (χ0n) is 16.7. The van der Waals surface area contributed by atoms with Gasteiger partial charge in [-0.25, -0.2) is 0 Å². The van der Waals surface area contributed by atoms with Crippen LogP contribution < -0.4 is 19.6 Å². The minimum atomic E-state index is 0.241. The maximum Gasteiger partial charge on any atom is 0.161 e. The summed E-state index contributed by atoms with van der Waals surface area (Å²) >= 11 is 12.4. The van der Waals surface area contributed by atoms with Crippen LogP contribution in [0.2, 0.25) is 10.0 Å². The van der Waals surface area contributed by atoms with Crippen molar-refractivity contribution in [3.05, 3.63) is 81.8 Å². The van der Waals surface area contributed by atoms with Gasteiger partial charge in [-0.2, -0.15) is 5.10 Å². The molecule has 3 rings (SSSR count). The number of nitrogens with zero attached hydrogens (tertiary/aromatic N) is 1. The second kappa shape index (κ2) is 10.8. The molecule has 0 radical (unpaired) electrons. The highest BCUT2D eigenvalue weighted by Gasteiger charge is 2.10. The third kappa shape index (κ3) is 5.81. The van der Waals surface area contributed by atoms with Crippen molar-refractivity contribution in [1.82, 2.24) is 0 Å². The molecule has 0 saturated carbocycles. The molecule has 0 aromatic heterocycles. The lowest BCUT2D eigenvalue weighted by Crippen LogP contribution is -2.01. The molecule has 0 atom stereocenters. The Labute approximate surface area is 186 Å². The van der Waals surface area contributed by atoms with Crippen molar-refractivity contribution in [2.45, 2.75) is 13.5 Å². The standard InChI is InChI=1S/C23H22Cl2N2O3/c1-3-29-23-13-16(14-26-27-17-8-10-18(28-2)11-9-17)7-12-22(23)30-15-19-20(24)5-4-6-21(19)25/h4-14,27H,3,15H2,1-2H3/b26-14+. The van der Waals surface area contributed by atoms with E-state index in [1.807, 2.05) is 49.4 Å². The van der Waals surface area contributed by atoms with Crippen molar-refractivity contribution in [3.63, 3.8) is 0 Å². The van der Waals surface area contributed by atoms with E-state index in [2.05, 4.69) is 10.5 Å². The molecule has 156 valence electrons. The first-order valence-corrected chi connectivity index (χ1v) is 10.1. The molecule has 0 heterocycles. The summed E-state index contributed by atoms with van der Waals surface area (Å²) < 4.78 is 16.8.